The first-order valence-electron chi connectivity index (χ1n) is 11.1. The van der Waals surface area contributed by atoms with E-state index in [9.17, 15) is 9.59 Å². The number of anilines is 1. The topological polar surface area (TPSA) is 109 Å². The number of hydrogen-bond acceptors (Lipinski definition) is 5. The lowest BCUT2D eigenvalue weighted by Crippen LogP contribution is -2.41. The van der Waals surface area contributed by atoms with Gasteiger partial charge in [0.25, 0.3) is 5.56 Å². The van der Waals surface area contributed by atoms with Gasteiger partial charge in [0.15, 0.2) is 11.2 Å². The molecule has 2 aromatic heterocycles. The second-order valence-electron chi connectivity index (χ2n) is 8.41. The lowest BCUT2D eigenvalue weighted by Gasteiger charge is -2.31. The Morgan fingerprint density at radius 3 is 2.55 bits per heavy atom. The van der Waals surface area contributed by atoms with Crippen molar-refractivity contribution in [2.45, 2.75) is 32.2 Å². The Morgan fingerprint density at radius 1 is 1.09 bits per heavy atom. The van der Waals surface area contributed by atoms with Gasteiger partial charge in [0.1, 0.15) is 5.82 Å². The number of hydrogen-bond donors (Lipinski definition) is 2. The van der Waals surface area contributed by atoms with Crippen molar-refractivity contribution in [1.29, 1.82) is 0 Å². The maximum Gasteiger partial charge on any atom is 0.321 e. The maximum absolute atomic E-state index is 12.6. The van der Waals surface area contributed by atoms with Gasteiger partial charge in [0, 0.05) is 24.7 Å². The van der Waals surface area contributed by atoms with Crippen molar-refractivity contribution >= 4 is 22.9 Å². The summed E-state index contributed by atoms with van der Waals surface area (Å²) >= 11 is 0. The molecular weight excluding hydrogens is 418 g/mol. The highest BCUT2D eigenvalue weighted by atomic mass is 16.2. The van der Waals surface area contributed by atoms with E-state index in [4.69, 9.17) is 4.98 Å². The first-order chi connectivity index (χ1) is 16.1. The van der Waals surface area contributed by atoms with E-state index < -0.39 is 0 Å². The molecule has 0 atom stereocenters. The van der Waals surface area contributed by atoms with Gasteiger partial charge in [-0.3, -0.25) is 4.79 Å². The molecule has 0 bridgehead atoms. The van der Waals surface area contributed by atoms with Crippen LogP contribution in [-0.4, -0.2) is 49.0 Å². The van der Waals surface area contributed by atoms with Crippen LogP contribution in [0.25, 0.3) is 11.2 Å². The average Bonchev–Trinajstić information content (AvgIpc) is 3.24. The zero-order valence-electron chi connectivity index (χ0n) is 18.4. The molecule has 9 heteroatoms. The number of H-pyrrole nitrogens is 1. The van der Waals surface area contributed by atoms with Gasteiger partial charge in [0.05, 0.1) is 6.54 Å². The molecule has 4 aromatic rings. The molecule has 1 aliphatic rings. The lowest BCUT2D eigenvalue weighted by atomic mass is 9.96. The van der Waals surface area contributed by atoms with E-state index in [0.717, 1.165) is 29.7 Å². The van der Waals surface area contributed by atoms with Crippen LogP contribution < -0.4 is 10.9 Å². The van der Waals surface area contributed by atoms with Crippen LogP contribution in [0.15, 0.2) is 59.4 Å². The van der Waals surface area contributed by atoms with Crippen LogP contribution in [0.5, 0.6) is 0 Å². The fourth-order valence-corrected chi connectivity index (χ4v) is 4.13. The van der Waals surface area contributed by atoms with Gasteiger partial charge in [-0.15, -0.1) is 5.10 Å². The zero-order valence-corrected chi connectivity index (χ0v) is 18.4. The fourth-order valence-electron chi connectivity index (χ4n) is 4.13. The van der Waals surface area contributed by atoms with Gasteiger partial charge in [-0.2, -0.15) is 0 Å². The Morgan fingerprint density at radius 2 is 1.82 bits per heavy atom. The van der Waals surface area contributed by atoms with Crippen LogP contribution in [0.2, 0.25) is 0 Å². The number of aromatic amines is 1. The van der Waals surface area contributed by atoms with Crippen LogP contribution in [0.1, 0.15) is 35.7 Å². The van der Waals surface area contributed by atoms with Crippen molar-refractivity contribution in [3.05, 3.63) is 81.9 Å². The summed E-state index contributed by atoms with van der Waals surface area (Å²) in [4.78, 5) is 34.7. The average molecular weight is 444 g/mol. The molecule has 2 amide bonds. The Hall–Kier alpha value is -4.01. The van der Waals surface area contributed by atoms with Crippen molar-refractivity contribution in [1.82, 2.24) is 29.9 Å². The summed E-state index contributed by atoms with van der Waals surface area (Å²) in [5, 5.41) is 11.1. The molecule has 5 rings (SSSR count). The molecule has 0 radical (unpaired) electrons. The minimum atomic E-state index is -0.283. The molecule has 168 valence electrons. The quantitative estimate of drug-likeness (QED) is 0.503. The number of carbonyl (C=O) groups excluding carboxylic acids is 1. The summed E-state index contributed by atoms with van der Waals surface area (Å²) in [6.45, 7) is 3.68. The molecule has 2 aromatic carbocycles. The molecular formula is C24H25N7O2. The van der Waals surface area contributed by atoms with Gasteiger partial charge < -0.3 is 15.2 Å². The van der Waals surface area contributed by atoms with Gasteiger partial charge >= 0.3 is 6.03 Å². The number of benzene rings is 2. The maximum atomic E-state index is 12.6. The number of aromatic nitrogens is 5. The number of carbonyl (C=O) groups is 1. The molecule has 0 unspecified atom stereocenters. The molecule has 0 spiro atoms. The van der Waals surface area contributed by atoms with Gasteiger partial charge in [-0.05, 0) is 37.5 Å². The van der Waals surface area contributed by atoms with Gasteiger partial charge in [-0.1, -0.05) is 53.2 Å². The first kappa shape index (κ1) is 20.9. The van der Waals surface area contributed by atoms with Crippen LogP contribution in [0.4, 0.5) is 10.5 Å². The highest BCUT2D eigenvalue weighted by molar-refractivity contribution is 5.89. The Labute approximate surface area is 190 Å². The molecule has 1 fully saturated rings. The van der Waals surface area contributed by atoms with Crippen molar-refractivity contribution in [3.8, 4) is 0 Å². The minimum Gasteiger partial charge on any atom is -0.324 e. The number of rotatable bonds is 4. The summed E-state index contributed by atoms with van der Waals surface area (Å²) in [7, 11) is 0. The number of likely N-dealkylation sites (tertiary alicyclic amines) is 1. The van der Waals surface area contributed by atoms with E-state index in [1.807, 2.05) is 61.5 Å². The van der Waals surface area contributed by atoms with Crippen LogP contribution in [-0.2, 0) is 6.54 Å². The highest BCUT2D eigenvalue weighted by Gasteiger charge is 2.26. The Kier molecular flexibility index (Phi) is 5.60. The summed E-state index contributed by atoms with van der Waals surface area (Å²) in [6, 6.07) is 17.5. The predicted octanol–water partition coefficient (Wildman–Crippen LogP) is 3.28. The number of urea groups is 1. The second kappa shape index (κ2) is 8.85. The SMILES string of the molecule is Cc1ccc(NC(=O)N2CCC(c3nc4c(nnn4Cc4ccccc4)c(=O)[nH]3)CC2)cc1. The third kappa shape index (κ3) is 4.48. The molecule has 33 heavy (non-hydrogen) atoms. The van der Waals surface area contributed by atoms with E-state index in [0.29, 0.717) is 31.1 Å². The van der Waals surface area contributed by atoms with Gasteiger partial charge in [-0.25, -0.2) is 14.5 Å². The number of aryl methyl sites for hydroxylation is 1. The van der Waals surface area contributed by atoms with Crippen molar-refractivity contribution in [2.75, 3.05) is 18.4 Å². The monoisotopic (exact) mass is 443 g/mol. The van der Waals surface area contributed by atoms with E-state index in [-0.39, 0.29) is 23.0 Å². The lowest BCUT2D eigenvalue weighted by molar-refractivity contribution is 0.193. The third-order valence-electron chi connectivity index (χ3n) is 6.04. The van der Waals surface area contributed by atoms with Crippen molar-refractivity contribution in [2.24, 2.45) is 0 Å². The minimum absolute atomic E-state index is 0.0607. The van der Waals surface area contributed by atoms with E-state index in [1.165, 1.54) is 0 Å². The van der Waals surface area contributed by atoms with Crippen molar-refractivity contribution < 1.29 is 4.79 Å². The fraction of sp³-hybridized carbons (Fsp3) is 0.292. The number of fused-ring (bicyclic) bond motifs is 1. The molecule has 9 nitrogen and oxygen atoms in total. The smallest absolute Gasteiger partial charge is 0.321 e. The molecule has 0 aliphatic carbocycles. The summed E-state index contributed by atoms with van der Waals surface area (Å²) in [6.07, 6.45) is 1.44. The number of nitrogens with one attached hydrogen (secondary N) is 2. The zero-order chi connectivity index (χ0) is 22.8. The largest absolute Gasteiger partial charge is 0.324 e. The second-order valence-corrected chi connectivity index (χ2v) is 8.41. The molecule has 0 saturated carbocycles. The van der Waals surface area contributed by atoms with Crippen LogP contribution in [0, 0.1) is 6.92 Å². The van der Waals surface area contributed by atoms with E-state index in [1.54, 1.807) is 9.58 Å². The first-order valence-corrected chi connectivity index (χ1v) is 11.1. The summed E-state index contributed by atoms with van der Waals surface area (Å²) in [5.74, 6) is 0.688. The molecule has 1 aliphatic heterocycles. The van der Waals surface area contributed by atoms with Gasteiger partial charge in [0.2, 0.25) is 0 Å². The van der Waals surface area contributed by atoms with Crippen LogP contribution in [0.3, 0.4) is 0 Å². The number of piperidine rings is 1. The Bertz CT molecular complexity index is 1320. The number of nitrogens with zero attached hydrogens (tertiary/aromatic N) is 5. The Balaban J connectivity index is 1.29. The van der Waals surface area contributed by atoms with E-state index >= 15 is 0 Å². The highest BCUT2D eigenvalue weighted by Crippen LogP contribution is 2.26. The molecule has 1 saturated heterocycles. The standard InChI is InChI=1S/C24H25N7O2/c1-16-7-9-19(10-8-16)25-24(33)30-13-11-18(12-14-30)21-26-22-20(23(32)27-21)28-29-31(22)15-17-5-3-2-4-6-17/h2-10,18H,11-15H2,1H3,(H,25,33)(H,26,27,32). The number of amides is 2. The normalized spacial score (nSPS) is 14.5. The summed E-state index contributed by atoms with van der Waals surface area (Å²) in [5.41, 5.74) is 3.42. The van der Waals surface area contributed by atoms with Crippen LogP contribution >= 0.6 is 0 Å². The summed E-state index contributed by atoms with van der Waals surface area (Å²) < 4.78 is 1.66. The third-order valence-corrected chi connectivity index (χ3v) is 6.04. The molecule has 3 heterocycles. The van der Waals surface area contributed by atoms with Crippen molar-refractivity contribution in [3.63, 3.8) is 0 Å². The van der Waals surface area contributed by atoms with E-state index in [2.05, 4.69) is 20.6 Å². The predicted molar refractivity (Wildman–Crippen MR) is 125 cm³/mol. The molecule has 2 N–H and O–H groups in total.